The van der Waals surface area contributed by atoms with Crippen LogP contribution < -0.4 is 4.31 Å². The van der Waals surface area contributed by atoms with Crippen molar-refractivity contribution in [2.24, 2.45) is 0 Å². The molecule has 0 unspecified atom stereocenters. The first kappa shape index (κ1) is 28.6. The number of anilines is 1. The Kier molecular flexibility index (Phi) is 8.99. The maximum atomic E-state index is 14.2. The van der Waals surface area contributed by atoms with Gasteiger partial charge in [-0.2, -0.15) is 0 Å². The molecule has 2 aromatic carbocycles. The zero-order chi connectivity index (χ0) is 27.4. The molecule has 0 fully saturated rings. The Bertz CT molecular complexity index is 1360. The smallest absolute Gasteiger partial charge is 0.337 e. The first-order valence-corrected chi connectivity index (χ1v) is 17.4. The number of benzene rings is 2. The summed E-state index contributed by atoms with van der Waals surface area (Å²) in [6.45, 7) is 12.5. The van der Waals surface area contributed by atoms with E-state index in [1.807, 2.05) is 6.92 Å². The van der Waals surface area contributed by atoms with E-state index in [-0.39, 0.29) is 17.5 Å². The highest BCUT2D eigenvalue weighted by Gasteiger charge is 2.33. The summed E-state index contributed by atoms with van der Waals surface area (Å²) in [7, 11) is -4.16. The van der Waals surface area contributed by atoms with Gasteiger partial charge in [-0.05, 0) is 55.6 Å². The van der Waals surface area contributed by atoms with E-state index in [0.717, 1.165) is 21.5 Å². The van der Waals surface area contributed by atoms with Gasteiger partial charge in [-0.3, -0.25) is 0 Å². The van der Waals surface area contributed by atoms with Crippen LogP contribution in [0.1, 0.15) is 34.1 Å². The predicted octanol–water partition coefficient (Wildman–Crippen LogP) is 5.82. The number of ether oxygens (including phenoxy) is 2. The van der Waals surface area contributed by atoms with Crippen LogP contribution in [0.4, 0.5) is 5.88 Å². The second-order valence-corrected chi connectivity index (χ2v) is 17.6. The number of hydrogen-bond donors (Lipinski definition) is 0. The molecule has 0 bridgehead atoms. The monoisotopic (exact) mass is 544 g/mol. The zero-order valence-electron chi connectivity index (χ0n) is 22.6. The summed E-state index contributed by atoms with van der Waals surface area (Å²) in [5.41, 5.74) is 3.73. The molecule has 0 aliphatic rings. The van der Waals surface area contributed by atoms with Crippen molar-refractivity contribution >= 4 is 30.0 Å². The Labute approximate surface area is 220 Å². The van der Waals surface area contributed by atoms with Crippen LogP contribution in [0.2, 0.25) is 25.7 Å². The van der Waals surface area contributed by atoms with Gasteiger partial charge in [0.05, 0.1) is 23.3 Å². The molecule has 0 aliphatic carbocycles. The highest BCUT2D eigenvalue weighted by Crippen LogP contribution is 2.35. The molecular weight excluding hydrogens is 508 g/mol. The third kappa shape index (κ3) is 6.49. The van der Waals surface area contributed by atoms with Crippen LogP contribution in [-0.4, -0.2) is 48.1 Å². The molecular formula is C27H36N2O6SSi. The quantitative estimate of drug-likeness (QED) is 0.130. The van der Waals surface area contributed by atoms with Crippen molar-refractivity contribution in [3.8, 4) is 11.1 Å². The average molecular weight is 545 g/mol. The van der Waals surface area contributed by atoms with Gasteiger partial charge in [0.2, 0.25) is 5.88 Å². The average Bonchev–Trinajstić information content (AvgIpc) is 3.19. The number of nitrogens with zero attached hydrogens (tertiary/aromatic N) is 2. The lowest BCUT2D eigenvalue weighted by Gasteiger charge is -2.24. The van der Waals surface area contributed by atoms with E-state index in [4.69, 9.17) is 14.0 Å². The van der Waals surface area contributed by atoms with Gasteiger partial charge in [0, 0.05) is 25.8 Å². The highest BCUT2D eigenvalue weighted by atomic mass is 32.2. The van der Waals surface area contributed by atoms with E-state index in [1.165, 1.54) is 7.11 Å². The van der Waals surface area contributed by atoms with Gasteiger partial charge in [0.1, 0.15) is 6.73 Å². The number of methoxy groups -OCH3 is 1. The maximum Gasteiger partial charge on any atom is 0.337 e. The molecule has 0 radical (unpaired) electrons. The topological polar surface area (TPSA) is 98.9 Å². The van der Waals surface area contributed by atoms with E-state index in [0.29, 0.717) is 35.4 Å². The van der Waals surface area contributed by atoms with Gasteiger partial charge in [-0.1, -0.05) is 56.0 Å². The molecule has 200 valence electrons. The van der Waals surface area contributed by atoms with Gasteiger partial charge in [-0.15, -0.1) is 0 Å². The van der Waals surface area contributed by atoms with E-state index >= 15 is 0 Å². The van der Waals surface area contributed by atoms with Crippen LogP contribution in [0.5, 0.6) is 0 Å². The molecule has 0 N–H and O–H groups in total. The molecule has 0 spiro atoms. The van der Waals surface area contributed by atoms with E-state index in [9.17, 15) is 13.2 Å². The Morgan fingerprint density at radius 3 is 2.38 bits per heavy atom. The summed E-state index contributed by atoms with van der Waals surface area (Å²) < 4.78 is 45.8. The maximum absolute atomic E-state index is 14.2. The van der Waals surface area contributed by atoms with Crippen molar-refractivity contribution in [1.82, 2.24) is 5.16 Å². The number of rotatable bonds is 11. The number of esters is 1. The minimum atomic E-state index is -4.12. The van der Waals surface area contributed by atoms with Gasteiger partial charge < -0.3 is 14.0 Å². The third-order valence-electron chi connectivity index (χ3n) is 6.22. The Hall–Kier alpha value is -2.95. The Balaban J connectivity index is 2.10. The van der Waals surface area contributed by atoms with Crippen LogP contribution >= 0.6 is 0 Å². The predicted molar refractivity (Wildman–Crippen MR) is 147 cm³/mol. The van der Waals surface area contributed by atoms with Crippen LogP contribution in [-0.2, 0) is 25.9 Å². The summed E-state index contributed by atoms with van der Waals surface area (Å²) in [6.07, 6.45) is 0.596. The lowest BCUT2D eigenvalue weighted by molar-refractivity contribution is 0.0600. The molecule has 8 nitrogen and oxygen atoms in total. The fourth-order valence-corrected chi connectivity index (χ4v) is 6.13. The van der Waals surface area contributed by atoms with Crippen molar-refractivity contribution < 1.29 is 27.2 Å². The Morgan fingerprint density at radius 1 is 1.08 bits per heavy atom. The highest BCUT2D eigenvalue weighted by molar-refractivity contribution is 7.93. The second-order valence-electron chi connectivity index (χ2n) is 10.1. The number of carbonyl (C=O) groups excluding carboxylic acids is 1. The van der Waals surface area contributed by atoms with Crippen molar-refractivity contribution in [3.63, 3.8) is 0 Å². The molecule has 0 saturated carbocycles. The molecule has 37 heavy (non-hydrogen) atoms. The molecule has 1 aromatic heterocycles. The molecule has 3 aromatic rings. The van der Waals surface area contributed by atoms with Crippen molar-refractivity contribution in [2.75, 3.05) is 24.8 Å². The Morgan fingerprint density at radius 2 is 1.78 bits per heavy atom. The normalized spacial score (nSPS) is 12.0. The minimum absolute atomic E-state index is 0.109. The van der Waals surface area contributed by atoms with E-state index < -0.39 is 24.1 Å². The fourth-order valence-electron chi connectivity index (χ4n) is 3.83. The van der Waals surface area contributed by atoms with Crippen molar-refractivity contribution in [1.29, 1.82) is 0 Å². The van der Waals surface area contributed by atoms with Gasteiger partial charge in [0.25, 0.3) is 10.0 Å². The summed E-state index contributed by atoms with van der Waals surface area (Å²) in [4.78, 5) is 12.2. The fraction of sp³-hybridized carbons (Fsp3) is 0.407. The zero-order valence-corrected chi connectivity index (χ0v) is 24.4. The molecule has 0 atom stereocenters. The molecule has 0 saturated heterocycles. The summed E-state index contributed by atoms with van der Waals surface area (Å²) in [6, 6.07) is 12.9. The largest absolute Gasteiger partial charge is 0.465 e. The number of carbonyl (C=O) groups is 1. The summed E-state index contributed by atoms with van der Waals surface area (Å²) in [5, 5.41) is 3.98. The summed E-state index contributed by atoms with van der Waals surface area (Å²) in [5.74, 6) is -0.308. The van der Waals surface area contributed by atoms with Crippen LogP contribution in [0.25, 0.3) is 11.1 Å². The third-order valence-corrected chi connectivity index (χ3v) is 9.68. The van der Waals surface area contributed by atoms with Gasteiger partial charge >= 0.3 is 5.97 Å². The van der Waals surface area contributed by atoms with Crippen LogP contribution in [0.3, 0.4) is 0 Å². The van der Waals surface area contributed by atoms with Gasteiger partial charge in [0.15, 0.2) is 0 Å². The standard InChI is InChI=1S/C27H36N2O6SSi/c1-8-21-17-22(27(30)33-4)13-14-23(21)24-11-9-10-12-25(24)36(31,32)29(18-34-15-16-37(5,6)7)26-19(2)20(3)28-35-26/h9-14,17H,8,15-16,18H2,1-7H3. The van der Waals surface area contributed by atoms with Crippen LogP contribution in [0.15, 0.2) is 51.9 Å². The molecule has 0 amide bonds. The number of hydrogen-bond acceptors (Lipinski definition) is 7. The van der Waals surface area contributed by atoms with E-state index in [1.54, 1.807) is 56.3 Å². The van der Waals surface area contributed by atoms with Gasteiger partial charge in [-0.25, -0.2) is 17.5 Å². The molecule has 10 heteroatoms. The number of sulfonamides is 1. The van der Waals surface area contributed by atoms with Crippen molar-refractivity contribution in [3.05, 3.63) is 64.8 Å². The SMILES string of the molecule is CCc1cc(C(=O)OC)ccc1-c1ccccc1S(=O)(=O)N(COCC[Si](C)(C)C)c1onc(C)c1C. The van der Waals surface area contributed by atoms with Crippen LogP contribution in [0, 0.1) is 13.8 Å². The minimum Gasteiger partial charge on any atom is -0.465 e. The first-order valence-electron chi connectivity index (χ1n) is 12.2. The number of aryl methyl sites for hydroxylation is 2. The molecule has 3 rings (SSSR count). The second kappa shape index (κ2) is 11.6. The van der Waals surface area contributed by atoms with Crippen molar-refractivity contribution in [2.45, 2.75) is 57.8 Å². The first-order chi connectivity index (χ1) is 17.4. The lowest BCUT2D eigenvalue weighted by atomic mass is 9.96. The molecule has 0 aliphatic heterocycles. The molecule has 1 heterocycles. The summed E-state index contributed by atoms with van der Waals surface area (Å²) >= 11 is 0. The number of aromatic nitrogens is 1. The lowest BCUT2D eigenvalue weighted by Crippen LogP contribution is -2.34. The van der Waals surface area contributed by atoms with E-state index in [2.05, 4.69) is 24.8 Å².